The van der Waals surface area contributed by atoms with E-state index in [1.807, 2.05) is 18.4 Å². The molecule has 14 heavy (non-hydrogen) atoms. The zero-order chi connectivity index (χ0) is 10.6. The fourth-order valence-electron chi connectivity index (χ4n) is 1.10. The van der Waals surface area contributed by atoms with Crippen molar-refractivity contribution in [2.24, 2.45) is 0 Å². The van der Waals surface area contributed by atoms with Crippen molar-refractivity contribution in [3.05, 3.63) is 22.4 Å². The fraction of sp³-hybridized carbons (Fsp3) is 0.556. The van der Waals surface area contributed by atoms with Gasteiger partial charge in [0.05, 0.1) is 5.75 Å². The van der Waals surface area contributed by atoms with Crippen LogP contribution in [0, 0.1) is 0 Å². The van der Waals surface area contributed by atoms with Crippen LogP contribution < -0.4 is 5.32 Å². The molecule has 1 heterocycles. The highest BCUT2D eigenvalue weighted by atomic mass is 32.2. The normalized spacial score (nSPS) is 14.1. The minimum Gasteiger partial charge on any atom is -0.309 e. The average molecular weight is 233 g/mol. The summed E-state index contributed by atoms with van der Waals surface area (Å²) in [6.45, 7) is 2.54. The zero-order valence-corrected chi connectivity index (χ0v) is 9.99. The lowest BCUT2D eigenvalue weighted by molar-refractivity contribution is 0.576. The Bertz CT molecular complexity index is 356. The van der Waals surface area contributed by atoms with Crippen molar-refractivity contribution in [1.29, 1.82) is 0 Å². The van der Waals surface area contributed by atoms with E-state index in [4.69, 9.17) is 0 Å². The molecule has 1 unspecified atom stereocenters. The van der Waals surface area contributed by atoms with Gasteiger partial charge in [0.1, 0.15) is 9.84 Å². The van der Waals surface area contributed by atoms with Gasteiger partial charge in [-0.15, -0.1) is 0 Å². The van der Waals surface area contributed by atoms with Crippen LogP contribution in [0.25, 0.3) is 0 Å². The SMILES string of the molecule is CC(NCCS(C)(=O)=O)c1ccsc1. The topological polar surface area (TPSA) is 46.2 Å². The Kier molecular flexibility index (Phi) is 4.10. The summed E-state index contributed by atoms with van der Waals surface area (Å²) in [4.78, 5) is 0. The highest BCUT2D eigenvalue weighted by molar-refractivity contribution is 7.90. The van der Waals surface area contributed by atoms with Crippen molar-refractivity contribution in [2.75, 3.05) is 18.6 Å². The van der Waals surface area contributed by atoms with Crippen molar-refractivity contribution < 1.29 is 8.42 Å². The smallest absolute Gasteiger partial charge is 0.148 e. The van der Waals surface area contributed by atoms with Crippen LogP contribution in [0.3, 0.4) is 0 Å². The molecule has 0 aromatic carbocycles. The molecule has 0 amide bonds. The van der Waals surface area contributed by atoms with E-state index in [-0.39, 0.29) is 11.8 Å². The standard InChI is InChI=1S/C9H15NO2S2/c1-8(9-3-5-13-7-9)10-4-6-14(2,11)12/h3,5,7-8,10H,4,6H2,1-2H3. The molecule has 1 N–H and O–H groups in total. The number of thiophene rings is 1. The van der Waals surface area contributed by atoms with Gasteiger partial charge in [-0.1, -0.05) is 0 Å². The zero-order valence-electron chi connectivity index (χ0n) is 8.36. The second-order valence-corrected chi connectivity index (χ2v) is 6.40. The summed E-state index contributed by atoms with van der Waals surface area (Å²) < 4.78 is 21.7. The van der Waals surface area contributed by atoms with Gasteiger partial charge in [-0.25, -0.2) is 8.42 Å². The number of rotatable bonds is 5. The molecule has 0 fully saturated rings. The first kappa shape index (κ1) is 11.7. The summed E-state index contributed by atoms with van der Waals surface area (Å²) in [5.41, 5.74) is 1.21. The van der Waals surface area contributed by atoms with Crippen molar-refractivity contribution in [3.63, 3.8) is 0 Å². The van der Waals surface area contributed by atoms with Crippen molar-refractivity contribution in [3.8, 4) is 0 Å². The van der Waals surface area contributed by atoms with E-state index in [0.29, 0.717) is 6.54 Å². The highest BCUT2D eigenvalue weighted by Gasteiger charge is 2.06. The molecule has 0 aliphatic heterocycles. The molecule has 80 valence electrons. The molecular formula is C9H15NO2S2. The van der Waals surface area contributed by atoms with E-state index in [1.165, 1.54) is 11.8 Å². The first-order valence-electron chi connectivity index (χ1n) is 4.42. The molecule has 1 rings (SSSR count). The predicted molar refractivity (Wildman–Crippen MR) is 60.4 cm³/mol. The van der Waals surface area contributed by atoms with Crippen molar-refractivity contribution in [2.45, 2.75) is 13.0 Å². The third kappa shape index (κ3) is 4.21. The van der Waals surface area contributed by atoms with Gasteiger partial charge < -0.3 is 5.32 Å². The fourth-order valence-corrected chi connectivity index (χ4v) is 2.34. The largest absolute Gasteiger partial charge is 0.309 e. The van der Waals surface area contributed by atoms with Crippen molar-refractivity contribution >= 4 is 21.2 Å². The minimum absolute atomic E-state index is 0.196. The van der Waals surface area contributed by atoms with Gasteiger partial charge in [-0.05, 0) is 29.3 Å². The molecule has 0 spiro atoms. The maximum Gasteiger partial charge on any atom is 0.148 e. The summed E-state index contributed by atoms with van der Waals surface area (Å²) in [5.74, 6) is 0.196. The molecule has 5 heteroatoms. The lowest BCUT2D eigenvalue weighted by Gasteiger charge is -2.11. The Morgan fingerprint density at radius 1 is 1.57 bits per heavy atom. The van der Waals surface area contributed by atoms with Gasteiger partial charge in [0.25, 0.3) is 0 Å². The maximum absolute atomic E-state index is 10.9. The van der Waals surface area contributed by atoms with Crippen LogP contribution in [-0.2, 0) is 9.84 Å². The molecular weight excluding hydrogens is 218 g/mol. The van der Waals surface area contributed by atoms with E-state index in [1.54, 1.807) is 11.3 Å². The van der Waals surface area contributed by atoms with Crippen LogP contribution in [0.4, 0.5) is 0 Å². The van der Waals surface area contributed by atoms with Gasteiger partial charge in [0.2, 0.25) is 0 Å². The summed E-state index contributed by atoms with van der Waals surface area (Å²) in [7, 11) is -2.85. The van der Waals surface area contributed by atoms with Crippen molar-refractivity contribution in [1.82, 2.24) is 5.32 Å². The molecule has 0 saturated heterocycles. The van der Waals surface area contributed by atoms with E-state index < -0.39 is 9.84 Å². The lowest BCUT2D eigenvalue weighted by atomic mass is 10.2. The van der Waals surface area contributed by atoms with Crippen LogP contribution in [0.15, 0.2) is 16.8 Å². The number of nitrogens with one attached hydrogen (secondary N) is 1. The van der Waals surface area contributed by atoms with Crippen LogP contribution in [0.5, 0.6) is 0 Å². The molecule has 0 aliphatic rings. The number of hydrogen-bond acceptors (Lipinski definition) is 4. The van der Waals surface area contributed by atoms with E-state index in [2.05, 4.69) is 10.7 Å². The Hall–Kier alpha value is -0.390. The Labute approximate surface area is 89.1 Å². The Morgan fingerprint density at radius 3 is 2.79 bits per heavy atom. The van der Waals surface area contributed by atoms with Crippen LogP contribution in [-0.4, -0.2) is 27.0 Å². The summed E-state index contributed by atoms with van der Waals surface area (Å²) in [6, 6.07) is 2.27. The average Bonchev–Trinajstić information content (AvgIpc) is 2.53. The van der Waals surface area contributed by atoms with Crippen LogP contribution in [0.2, 0.25) is 0 Å². The third-order valence-electron chi connectivity index (χ3n) is 1.97. The van der Waals surface area contributed by atoms with Gasteiger partial charge >= 0.3 is 0 Å². The minimum atomic E-state index is -2.85. The Morgan fingerprint density at radius 2 is 2.29 bits per heavy atom. The molecule has 0 bridgehead atoms. The molecule has 0 radical (unpaired) electrons. The van der Waals surface area contributed by atoms with Gasteiger partial charge in [-0.3, -0.25) is 0 Å². The summed E-state index contributed by atoms with van der Waals surface area (Å²) in [5, 5.41) is 7.25. The second-order valence-electron chi connectivity index (χ2n) is 3.36. The Balaban J connectivity index is 2.33. The summed E-state index contributed by atoms with van der Waals surface area (Å²) >= 11 is 1.65. The first-order chi connectivity index (χ1) is 6.49. The monoisotopic (exact) mass is 233 g/mol. The predicted octanol–water partition coefficient (Wildman–Crippen LogP) is 1.44. The van der Waals surface area contributed by atoms with Gasteiger partial charge in [-0.2, -0.15) is 11.3 Å². The summed E-state index contributed by atoms with van der Waals surface area (Å²) in [6.07, 6.45) is 1.25. The molecule has 3 nitrogen and oxygen atoms in total. The lowest BCUT2D eigenvalue weighted by Crippen LogP contribution is -2.24. The molecule has 1 aromatic heterocycles. The third-order valence-corrected chi connectivity index (χ3v) is 3.61. The molecule has 0 saturated carbocycles. The molecule has 1 aromatic rings. The molecule has 0 aliphatic carbocycles. The van der Waals surface area contributed by atoms with E-state index in [9.17, 15) is 8.42 Å². The number of sulfone groups is 1. The first-order valence-corrected chi connectivity index (χ1v) is 7.42. The van der Waals surface area contributed by atoms with Gasteiger partial charge in [0, 0.05) is 18.8 Å². The van der Waals surface area contributed by atoms with E-state index >= 15 is 0 Å². The van der Waals surface area contributed by atoms with Crippen LogP contribution >= 0.6 is 11.3 Å². The van der Waals surface area contributed by atoms with Crippen LogP contribution in [0.1, 0.15) is 18.5 Å². The maximum atomic E-state index is 10.9. The van der Waals surface area contributed by atoms with Gasteiger partial charge in [0.15, 0.2) is 0 Å². The van der Waals surface area contributed by atoms with E-state index in [0.717, 1.165) is 0 Å². The molecule has 1 atom stereocenters. The number of hydrogen-bond donors (Lipinski definition) is 1. The second kappa shape index (κ2) is 4.91. The quantitative estimate of drug-likeness (QED) is 0.837. The highest BCUT2D eigenvalue weighted by Crippen LogP contribution is 2.14.